The van der Waals surface area contributed by atoms with Crippen LogP contribution in [0, 0.1) is 5.92 Å². The van der Waals surface area contributed by atoms with Crippen LogP contribution in [0.5, 0.6) is 0 Å². The molecule has 0 aromatic heterocycles. The van der Waals surface area contributed by atoms with Gasteiger partial charge in [0.05, 0.1) is 7.11 Å². The number of nitrogens with one attached hydrogen (secondary N) is 1. The molecular formula is C14H23NO3. The molecule has 0 radical (unpaired) electrons. The maximum absolute atomic E-state index is 12.1. The molecule has 4 heteroatoms. The molecule has 1 fully saturated rings. The number of ether oxygens (including phenoxy) is 1. The maximum atomic E-state index is 12.1. The number of hydrogen-bond acceptors (Lipinski definition) is 3. The average molecular weight is 253 g/mol. The molecule has 1 rings (SSSR count). The second-order valence-electron chi connectivity index (χ2n) is 5.08. The van der Waals surface area contributed by atoms with E-state index in [4.69, 9.17) is 4.74 Å². The summed E-state index contributed by atoms with van der Waals surface area (Å²) in [6.45, 7) is 5.61. The van der Waals surface area contributed by atoms with E-state index in [9.17, 15) is 9.59 Å². The summed E-state index contributed by atoms with van der Waals surface area (Å²) < 4.78 is 4.71. The van der Waals surface area contributed by atoms with E-state index in [-0.39, 0.29) is 11.8 Å². The van der Waals surface area contributed by atoms with Gasteiger partial charge in [0.15, 0.2) is 0 Å². The van der Waals surface area contributed by atoms with Crippen molar-refractivity contribution in [2.24, 2.45) is 5.92 Å². The predicted molar refractivity (Wildman–Crippen MR) is 70.0 cm³/mol. The highest BCUT2D eigenvalue weighted by Gasteiger charge is 2.26. The van der Waals surface area contributed by atoms with E-state index in [1.165, 1.54) is 13.5 Å². The fourth-order valence-electron chi connectivity index (χ4n) is 2.34. The molecule has 18 heavy (non-hydrogen) atoms. The highest BCUT2D eigenvalue weighted by Crippen LogP contribution is 2.24. The Labute approximate surface area is 109 Å². The van der Waals surface area contributed by atoms with Crippen molar-refractivity contribution in [1.82, 2.24) is 5.32 Å². The Morgan fingerprint density at radius 1 is 1.33 bits per heavy atom. The summed E-state index contributed by atoms with van der Waals surface area (Å²) in [5, 5.41) is 2.79. The summed E-state index contributed by atoms with van der Waals surface area (Å²) in [5.41, 5.74) is 0.856. The van der Waals surface area contributed by atoms with Crippen molar-refractivity contribution >= 4 is 11.9 Å². The first-order valence-electron chi connectivity index (χ1n) is 6.57. The van der Waals surface area contributed by atoms with Crippen molar-refractivity contribution < 1.29 is 14.3 Å². The quantitative estimate of drug-likeness (QED) is 0.603. The van der Waals surface area contributed by atoms with Crippen molar-refractivity contribution in [3.8, 4) is 0 Å². The number of carbonyl (C=O) groups excluding carboxylic acids is 2. The molecule has 0 unspecified atom stereocenters. The number of carbonyl (C=O) groups is 2. The molecule has 1 N–H and O–H groups in total. The molecule has 0 heterocycles. The van der Waals surface area contributed by atoms with E-state index < -0.39 is 12.0 Å². The fourth-order valence-corrected chi connectivity index (χ4v) is 2.34. The molecule has 1 amide bonds. The molecule has 1 saturated carbocycles. The van der Waals surface area contributed by atoms with Crippen LogP contribution < -0.4 is 5.32 Å². The Hall–Kier alpha value is -1.32. The molecule has 0 aromatic rings. The molecule has 102 valence electrons. The minimum Gasteiger partial charge on any atom is -0.467 e. The van der Waals surface area contributed by atoms with Crippen molar-refractivity contribution in [2.75, 3.05) is 7.11 Å². The Morgan fingerprint density at radius 3 is 2.44 bits per heavy atom. The lowest BCUT2D eigenvalue weighted by molar-refractivity contribution is -0.145. The summed E-state index contributed by atoms with van der Waals surface area (Å²) >= 11 is 0. The van der Waals surface area contributed by atoms with E-state index >= 15 is 0 Å². The molecule has 1 atom stereocenters. The lowest BCUT2D eigenvalue weighted by Crippen LogP contribution is -2.44. The molecule has 0 aromatic carbocycles. The summed E-state index contributed by atoms with van der Waals surface area (Å²) in [7, 11) is 1.33. The molecule has 0 saturated heterocycles. The number of rotatable bonds is 5. The fraction of sp³-hybridized carbons (Fsp3) is 0.714. The molecule has 4 nitrogen and oxygen atoms in total. The van der Waals surface area contributed by atoms with Gasteiger partial charge in [0, 0.05) is 5.92 Å². The second-order valence-corrected chi connectivity index (χ2v) is 5.08. The van der Waals surface area contributed by atoms with Crippen LogP contribution in [0.4, 0.5) is 0 Å². The second kappa shape index (κ2) is 7.19. The van der Waals surface area contributed by atoms with E-state index in [0.29, 0.717) is 6.42 Å². The number of hydrogen-bond donors (Lipinski definition) is 1. The van der Waals surface area contributed by atoms with Crippen LogP contribution in [-0.4, -0.2) is 25.0 Å². The molecule has 0 spiro atoms. The van der Waals surface area contributed by atoms with Crippen LogP contribution in [0.2, 0.25) is 0 Å². The zero-order chi connectivity index (χ0) is 13.5. The van der Waals surface area contributed by atoms with Gasteiger partial charge in [0.1, 0.15) is 6.04 Å². The lowest BCUT2D eigenvalue weighted by atomic mass is 9.88. The minimum atomic E-state index is -0.595. The normalized spacial score (nSPS) is 17.9. The Kier molecular flexibility index (Phi) is 5.89. The van der Waals surface area contributed by atoms with Crippen LogP contribution in [-0.2, 0) is 14.3 Å². The predicted octanol–water partition coefficient (Wildman–Crippen LogP) is 2.19. The third-order valence-corrected chi connectivity index (χ3v) is 3.33. The van der Waals surface area contributed by atoms with Crippen molar-refractivity contribution in [3.05, 3.63) is 12.2 Å². The molecule has 0 bridgehead atoms. The first-order valence-corrected chi connectivity index (χ1v) is 6.57. The Balaban J connectivity index is 2.55. The molecule has 1 aliphatic rings. The largest absolute Gasteiger partial charge is 0.467 e. The van der Waals surface area contributed by atoms with Crippen molar-refractivity contribution in [1.29, 1.82) is 0 Å². The van der Waals surface area contributed by atoms with Gasteiger partial charge >= 0.3 is 5.97 Å². The molecule has 0 aliphatic heterocycles. The summed E-state index contributed by atoms with van der Waals surface area (Å²) in [4.78, 5) is 23.6. The standard InChI is InChI=1S/C14H23NO3/c1-10(2)9-12(14(17)18-3)15-13(16)11-7-5-4-6-8-11/h11-12H,1,4-9H2,2-3H3,(H,15,16)/t12-/m0/s1. The summed E-state index contributed by atoms with van der Waals surface area (Å²) in [5.74, 6) is -0.371. The van der Waals surface area contributed by atoms with E-state index in [1.54, 1.807) is 0 Å². The van der Waals surface area contributed by atoms with Crippen molar-refractivity contribution in [2.45, 2.75) is 51.5 Å². The van der Waals surface area contributed by atoms with Crippen LogP contribution in [0.25, 0.3) is 0 Å². The minimum absolute atomic E-state index is 0.0219. The SMILES string of the molecule is C=C(C)C[C@H](NC(=O)C1CCCCC1)C(=O)OC. The average Bonchev–Trinajstić information content (AvgIpc) is 2.37. The summed E-state index contributed by atoms with van der Waals surface area (Å²) in [6, 6.07) is -0.595. The van der Waals surface area contributed by atoms with Crippen LogP contribution in [0.1, 0.15) is 45.4 Å². The van der Waals surface area contributed by atoms with Gasteiger partial charge in [-0.25, -0.2) is 4.79 Å². The van der Waals surface area contributed by atoms with Gasteiger partial charge in [-0.1, -0.05) is 24.8 Å². The van der Waals surface area contributed by atoms with Crippen LogP contribution in [0.15, 0.2) is 12.2 Å². The zero-order valence-corrected chi connectivity index (χ0v) is 11.3. The third kappa shape index (κ3) is 4.51. The number of esters is 1. The third-order valence-electron chi connectivity index (χ3n) is 3.33. The van der Waals surface area contributed by atoms with Gasteiger partial charge in [0.25, 0.3) is 0 Å². The lowest BCUT2D eigenvalue weighted by Gasteiger charge is -2.23. The topological polar surface area (TPSA) is 55.4 Å². The molecule has 1 aliphatic carbocycles. The highest BCUT2D eigenvalue weighted by molar-refractivity contribution is 5.85. The highest BCUT2D eigenvalue weighted by atomic mass is 16.5. The Morgan fingerprint density at radius 2 is 1.94 bits per heavy atom. The van der Waals surface area contributed by atoms with Gasteiger partial charge in [-0.3, -0.25) is 4.79 Å². The zero-order valence-electron chi connectivity index (χ0n) is 11.3. The first-order chi connectivity index (χ1) is 8.54. The van der Waals surface area contributed by atoms with E-state index in [0.717, 1.165) is 31.3 Å². The maximum Gasteiger partial charge on any atom is 0.328 e. The van der Waals surface area contributed by atoms with Gasteiger partial charge < -0.3 is 10.1 Å². The molecular weight excluding hydrogens is 230 g/mol. The number of methoxy groups -OCH3 is 1. The summed E-state index contributed by atoms with van der Waals surface area (Å²) in [6.07, 6.45) is 5.68. The monoisotopic (exact) mass is 253 g/mol. The van der Waals surface area contributed by atoms with Gasteiger partial charge in [0.2, 0.25) is 5.91 Å². The van der Waals surface area contributed by atoms with Crippen molar-refractivity contribution in [3.63, 3.8) is 0 Å². The van der Waals surface area contributed by atoms with E-state index in [1.807, 2.05) is 6.92 Å². The Bertz CT molecular complexity index is 319. The van der Waals surface area contributed by atoms with Gasteiger partial charge in [-0.2, -0.15) is 0 Å². The first kappa shape index (κ1) is 14.7. The van der Waals surface area contributed by atoms with Gasteiger partial charge in [-0.05, 0) is 26.2 Å². The van der Waals surface area contributed by atoms with E-state index in [2.05, 4.69) is 11.9 Å². The van der Waals surface area contributed by atoms with Gasteiger partial charge in [-0.15, -0.1) is 6.58 Å². The van der Waals surface area contributed by atoms with Crippen LogP contribution in [0.3, 0.4) is 0 Å². The van der Waals surface area contributed by atoms with Crippen LogP contribution >= 0.6 is 0 Å². The smallest absolute Gasteiger partial charge is 0.328 e. The number of amides is 1.